The molecule has 6 nitrogen and oxygen atoms in total. The second kappa shape index (κ2) is 5.26. The minimum Gasteiger partial charge on any atom is -0.461 e. The zero-order chi connectivity index (χ0) is 15.9. The first-order valence-corrected chi connectivity index (χ1v) is 7.62. The average Bonchev–Trinajstić information content (AvgIpc) is 3.03. The zero-order valence-corrected chi connectivity index (χ0v) is 13.5. The molecule has 0 aliphatic carbocycles. The summed E-state index contributed by atoms with van der Waals surface area (Å²) in [6, 6.07) is 2.00. The van der Waals surface area contributed by atoms with E-state index in [0.29, 0.717) is 6.54 Å². The lowest BCUT2D eigenvalue weighted by Gasteiger charge is -2.22. The highest BCUT2D eigenvalue weighted by Gasteiger charge is 2.29. The maximum Gasteiger partial charge on any atom is 0.302 e. The van der Waals surface area contributed by atoms with Crippen LogP contribution in [0.1, 0.15) is 39.9 Å². The normalized spacial score (nSPS) is 18.9. The van der Waals surface area contributed by atoms with Gasteiger partial charge in [-0.3, -0.25) is 4.79 Å². The Morgan fingerprint density at radius 3 is 2.86 bits per heavy atom. The number of nitrogens with zero attached hydrogens (tertiary/aromatic N) is 3. The SMILES string of the molecule is CC(=O)O[C@H]1CCN(c2nc(C(C)(C)C)nc3[nH]ccc23)C1. The molecule has 0 saturated carbocycles. The van der Waals surface area contributed by atoms with Crippen molar-refractivity contribution in [3.05, 3.63) is 18.1 Å². The number of aromatic nitrogens is 3. The number of nitrogens with one attached hydrogen (secondary N) is 1. The van der Waals surface area contributed by atoms with E-state index in [9.17, 15) is 4.79 Å². The van der Waals surface area contributed by atoms with Crippen molar-refractivity contribution in [1.29, 1.82) is 0 Å². The van der Waals surface area contributed by atoms with Gasteiger partial charge in [-0.2, -0.15) is 0 Å². The number of hydrogen-bond donors (Lipinski definition) is 1. The number of fused-ring (bicyclic) bond motifs is 1. The highest BCUT2D eigenvalue weighted by Crippen LogP contribution is 2.30. The molecule has 0 amide bonds. The highest BCUT2D eigenvalue weighted by molar-refractivity contribution is 5.87. The number of rotatable bonds is 2. The first-order chi connectivity index (χ1) is 10.3. The fourth-order valence-corrected chi connectivity index (χ4v) is 2.75. The van der Waals surface area contributed by atoms with E-state index in [4.69, 9.17) is 9.72 Å². The van der Waals surface area contributed by atoms with Gasteiger partial charge in [0.15, 0.2) is 0 Å². The van der Waals surface area contributed by atoms with Crippen LogP contribution in [0.5, 0.6) is 0 Å². The molecule has 1 fully saturated rings. The van der Waals surface area contributed by atoms with Crippen LogP contribution in [0.15, 0.2) is 12.3 Å². The van der Waals surface area contributed by atoms with Gasteiger partial charge in [-0.15, -0.1) is 0 Å². The third kappa shape index (κ3) is 2.77. The van der Waals surface area contributed by atoms with E-state index in [-0.39, 0.29) is 17.5 Å². The van der Waals surface area contributed by atoms with Gasteiger partial charge in [0.1, 0.15) is 23.4 Å². The van der Waals surface area contributed by atoms with Crippen LogP contribution in [0.25, 0.3) is 11.0 Å². The van der Waals surface area contributed by atoms with E-state index < -0.39 is 0 Å². The molecule has 0 radical (unpaired) electrons. The minimum absolute atomic E-state index is 0.0560. The van der Waals surface area contributed by atoms with Gasteiger partial charge >= 0.3 is 5.97 Å². The molecule has 0 bridgehead atoms. The van der Waals surface area contributed by atoms with Crippen LogP contribution < -0.4 is 4.90 Å². The van der Waals surface area contributed by atoms with E-state index in [1.54, 1.807) is 0 Å². The Labute approximate surface area is 129 Å². The van der Waals surface area contributed by atoms with Crippen LogP contribution in [0.3, 0.4) is 0 Å². The first-order valence-electron chi connectivity index (χ1n) is 7.62. The summed E-state index contributed by atoms with van der Waals surface area (Å²) in [4.78, 5) is 25.9. The van der Waals surface area contributed by atoms with Crippen molar-refractivity contribution in [2.24, 2.45) is 0 Å². The molecule has 2 aromatic rings. The Bertz CT molecular complexity index is 702. The highest BCUT2D eigenvalue weighted by atomic mass is 16.5. The van der Waals surface area contributed by atoms with Gasteiger partial charge in [0, 0.05) is 31.5 Å². The molecule has 1 aliphatic rings. The summed E-state index contributed by atoms with van der Waals surface area (Å²) in [5.74, 6) is 1.51. The van der Waals surface area contributed by atoms with Crippen LogP contribution in [0.4, 0.5) is 5.82 Å². The molecular weight excluding hydrogens is 280 g/mol. The molecule has 1 atom stereocenters. The van der Waals surface area contributed by atoms with Crippen LogP contribution >= 0.6 is 0 Å². The largest absolute Gasteiger partial charge is 0.461 e. The van der Waals surface area contributed by atoms with Crippen LogP contribution in [0.2, 0.25) is 0 Å². The average molecular weight is 302 g/mol. The number of esters is 1. The zero-order valence-electron chi connectivity index (χ0n) is 13.5. The number of anilines is 1. The number of aromatic amines is 1. The number of ether oxygens (including phenoxy) is 1. The van der Waals surface area contributed by atoms with E-state index in [0.717, 1.165) is 35.6 Å². The summed E-state index contributed by atoms with van der Waals surface area (Å²) < 4.78 is 5.32. The Morgan fingerprint density at radius 2 is 2.18 bits per heavy atom. The van der Waals surface area contributed by atoms with E-state index >= 15 is 0 Å². The van der Waals surface area contributed by atoms with Gasteiger partial charge < -0.3 is 14.6 Å². The maximum absolute atomic E-state index is 11.1. The second-order valence-electron chi connectivity index (χ2n) is 6.83. The van der Waals surface area contributed by atoms with Crippen molar-refractivity contribution in [3.63, 3.8) is 0 Å². The summed E-state index contributed by atoms with van der Waals surface area (Å²) >= 11 is 0. The fourth-order valence-electron chi connectivity index (χ4n) is 2.75. The lowest BCUT2D eigenvalue weighted by Crippen LogP contribution is -2.26. The third-order valence-corrected chi connectivity index (χ3v) is 3.84. The molecule has 0 aromatic carbocycles. The van der Waals surface area contributed by atoms with Gasteiger partial charge in [0.25, 0.3) is 0 Å². The maximum atomic E-state index is 11.1. The molecule has 0 unspecified atom stereocenters. The van der Waals surface area contributed by atoms with Gasteiger partial charge in [-0.05, 0) is 6.07 Å². The second-order valence-corrected chi connectivity index (χ2v) is 6.83. The lowest BCUT2D eigenvalue weighted by atomic mass is 9.95. The van der Waals surface area contributed by atoms with E-state index in [1.807, 2.05) is 12.3 Å². The number of carbonyl (C=O) groups is 1. The van der Waals surface area contributed by atoms with Gasteiger partial charge in [0.05, 0.1) is 11.9 Å². The Kier molecular flexibility index (Phi) is 3.54. The molecule has 3 rings (SSSR count). The molecule has 1 N–H and O–H groups in total. The Morgan fingerprint density at radius 1 is 1.41 bits per heavy atom. The molecule has 1 aliphatic heterocycles. The van der Waals surface area contributed by atoms with Crippen molar-refractivity contribution in [3.8, 4) is 0 Å². The summed E-state index contributed by atoms with van der Waals surface area (Å²) in [5.41, 5.74) is 0.731. The number of hydrogen-bond acceptors (Lipinski definition) is 5. The van der Waals surface area contributed by atoms with Crippen LogP contribution in [-0.4, -0.2) is 40.1 Å². The van der Waals surface area contributed by atoms with Crippen molar-refractivity contribution in [1.82, 2.24) is 15.0 Å². The van der Waals surface area contributed by atoms with E-state index in [1.165, 1.54) is 6.92 Å². The van der Waals surface area contributed by atoms with Crippen molar-refractivity contribution in [2.45, 2.75) is 45.6 Å². The molecule has 2 aromatic heterocycles. The first kappa shape index (κ1) is 14.8. The summed E-state index contributed by atoms with van der Waals surface area (Å²) in [6.45, 7) is 9.28. The van der Waals surface area contributed by atoms with E-state index in [2.05, 4.69) is 35.6 Å². The Hall–Kier alpha value is -2.11. The molecule has 118 valence electrons. The molecule has 0 spiro atoms. The predicted octanol–water partition coefficient (Wildman–Crippen LogP) is 2.40. The smallest absolute Gasteiger partial charge is 0.302 e. The lowest BCUT2D eigenvalue weighted by molar-refractivity contribution is -0.145. The molecule has 6 heteroatoms. The monoisotopic (exact) mass is 302 g/mol. The molecule has 1 saturated heterocycles. The molecular formula is C16H22N4O2. The summed E-state index contributed by atoms with van der Waals surface area (Å²) in [6.07, 6.45) is 2.66. The topological polar surface area (TPSA) is 71.1 Å². The quantitative estimate of drug-likeness (QED) is 0.863. The van der Waals surface area contributed by atoms with Crippen LogP contribution in [-0.2, 0) is 14.9 Å². The van der Waals surface area contributed by atoms with Crippen molar-refractivity contribution >= 4 is 22.8 Å². The van der Waals surface area contributed by atoms with Crippen LogP contribution in [0, 0.1) is 0 Å². The number of H-pyrrole nitrogens is 1. The Balaban J connectivity index is 1.96. The van der Waals surface area contributed by atoms with Gasteiger partial charge in [0.2, 0.25) is 0 Å². The summed E-state index contributed by atoms with van der Waals surface area (Å²) in [7, 11) is 0. The van der Waals surface area contributed by atoms with Gasteiger partial charge in [-0.25, -0.2) is 9.97 Å². The molecule has 3 heterocycles. The standard InChI is InChI=1S/C16H22N4O2/c1-10(21)22-11-6-8-20(9-11)14-12-5-7-17-13(12)18-15(19-14)16(2,3)4/h5,7,11H,6,8-9H2,1-4H3,(H,17,18,19)/t11-/m0/s1. The molecule has 22 heavy (non-hydrogen) atoms. The fraction of sp³-hybridized carbons (Fsp3) is 0.562. The van der Waals surface area contributed by atoms with Gasteiger partial charge in [-0.1, -0.05) is 20.8 Å². The summed E-state index contributed by atoms with van der Waals surface area (Å²) in [5, 5.41) is 1.01. The minimum atomic E-state index is -0.225. The van der Waals surface area contributed by atoms with Crippen molar-refractivity contribution < 1.29 is 9.53 Å². The number of carbonyl (C=O) groups excluding carboxylic acids is 1. The predicted molar refractivity (Wildman–Crippen MR) is 85.0 cm³/mol. The third-order valence-electron chi connectivity index (χ3n) is 3.84. The van der Waals surface area contributed by atoms with Crippen molar-refractivity contribution in [2.75, 3.05) is 18.0 Å².